The van der Waals surface area contributed by atoms with Crippen LogP contribution in [0.15, 0.2) is 11.6 Å². The van der Waals surface area contributed by atoms with Gasteiger partial charge in [0.1, 0.15) is 0 Å². The molecule has 1 heteroatoms. The molecular weight excluding hydrogens is 196 g/mol. The molecule has 1 fully saturated rings. The molecule has 0 heterocycles. The predicted molar refractivity (Wildman–Crippen MR) is 68.2 cm³/mol. The van der Waals surface area contributed by atoms with Crippen LogP contribution in [0.25, 0.3) is 0 Å². The van der Waals surface area contributed by atoms with Crippen molar-refractivity contribution in [3.05, 3.63) is 11.6 Å². The molecule has 1 unspecified atom stereocenters. The summed E-state index contributed by atoms with van der Waals surface area (Å²) in [4.78, 5) is 0. The van der Waals surface area contributed by atoms with Gasteiger partial charge in [-0.25, -0.2) is 0 Å². The summed E-state index contributed by atoms with van der Waals surface area (Å²) in [6.07, 6.45) is 8.68. The first-order chi connectivity index (χ1) is 7.33. The maximum Gasteiger partial charge on any atom is 0.0620 e. The number of rotatable bonds is 1. The van der Waals surface area contributed by atoms with E-state index in [2.05, 4.69) is 19.9 Å². The summed E-state index contributed by atoms with van der Waals surface area (Å²) in [5.74, 6) is 1.19. The molecule has 0 bridgehead atoms. The highest BCUT2D eigenvalue weighted by atomic mass is 16.3. The Balaban J connectivity index is 2.18. The molecule has 0 aromatic rings. The van der Waals surface area contributed by atoms with Gasteiger partial charge in [-0.2, -0.15) is 0 Å². The van der Waals surface area contributed by atoms with Crippen molar-refractivity contribution in [3.63, 3.8) is 0 Å². The van der Waals surface area contributed by atoms with Crippen LogP contribution in [0.2, 0.25) is 0 Å². The van der Waals surface area contributed by atoms with Gasteiger partial charge in [-0.1, -0.05) is 18.6 Å². The van der Waals surface area contributed by atoms with Gasteiger partial charge in [0.05, 0.1) is 5.60 Å². The Morgan fingerprint density at radius 3 is 2.69 bits per heavy atom. The Hall–Kier alpha value is -0.300. The second-order valence-electron chi connectivity index (χ2n) is 6.82. The molecule has 0 spiro atoms. The van der Waals surface area contributed by atoms with Crippen LogP contribution in [0.4, 0.5) is 0 Å². The Morgan fingerprint density at radius 1 is 1.38 bits per heavy atom. The predicted octanol–water partition coefficient (Wildman–Crippen LogP) is 3.92. The van der Waals surface area contributed by atoms with Crippen LogP contribution in [0.1, 0.15) is 59.8 Å². The second kappa shape index (κ2) is 3.87. The van der Waals surface area contributed by atoms with Crippen molar-refractivity contribution in [2.75, 3.05) is 0 Å². The van der Waals surface area contributed by atoms with Gasteiger partial charge in [0.15, 0.2) is 0 Å². The van der Waals surface area contributed by atoms with Crippen LogP contribution in [-0.4, -0.2) is 10.7 Å². The first-order valence-corrected chi connectivity index (χ1v) is 6.72. The minimum absolute atomic E-state index is 0.479. The van der Waals surface area contributed by atoms with Crippen molar-refractivity contribution in [1.82, 2.24) is 0 Å². The van der Waals surface area contributed by atoms with Crippen LogP contribution in [0.3, 0.4) is 0 Å². The third-order valence-electron chi connectivity index (χ3n) is 5.16. The molecule has 3 atom stereocenters. The molecule has 0 amide bonds. The van der Waals surface area contributed by atoms with Crippen LogP contribution in [0, 0.1) is 17.3 Å². The van der Waals surface area contributed by atoms with E-state index in [1.54, 1.807) is 5.57 Å². The molecule has 2 aliphatic rings. The minimum atomic E-state index is -0.501. The normalized spacial score (nSPS) is 40.2. The average molecular weight is 222 g/mol. The molecule has 2 rings (SSSR count). The van der Waals surface area contributed by atoms with Crippen molar-refractivity contribution in [2.24, 2.45) is 17.3 Å². The molecule has 0 aliphatic heterocycles. The Labute approximate surface area is 99.9 Å². The molecule has 0 radical (unpaired) electrons. The lowest BCUT2D eigenvalue weighted by Gasteiger charge is -2.49. The van der Waals surface area contributed by atoms with Gasteiger partial charge in [0, 0.05) is 0 Å². The summed E-state index contributed by atoms with van der Waals surface area (Å²) >= 11 is 0. The van der Waals surface area contributed by atoms with Crippen molar-refractivity contribution < 1.29 is 5.11 Å². The van der Waals surface area contributed by atoms with E-state index in [-0.39, 0.29) is 0 Å². The maximum absolute atomic E-state index is 10.2. The van der Waals surface area contributed by atoms with E-state index in [4.69, 9.17) is 0 Å². The standard InChI is InChI=1S/C15H26O/c1-11-6-5-8-15(4)9-7-12(10-13(11)15)14(2,3)16/h6,12-13,16H,5,7-10H2,1-4H3/t12-,13+,15?/m1/s1. The quantitative estimate of drug-likeness (QED) is 0.667. The lowest BCUT2D eigenvalue weighted by Crippen LogP contribution is -2.43. The summed E-state index contributed by atoms with van der Waals surface area (Å²) in [6, 6.07) is 0. The van der Waals surface area contributed by atoms with Crippen LogP contribution < -0.4 is 0 Å². The minimum Gasteiger partial charge on any atom is -0.390 e. The van der Waals surface area contributed by atoms with Gasteiger partial charge in [0.2, 0.25) is 0 Å². The summed E-state index contributed by atoms with van der Waals surface area (Å²) in [7, 11) is 0. The monoisotopic (exact) mass is 222 g/mol. The van der Waals surface area contributed by atoms with Gasteiger partial charge in [-0.15, -0.1) is 0 Å². The van der Waals surface area contributed by atoms with Gasteiger partial charge in [0.25, 0.3) is 0 Å². The van der Waals surface area contributed by atoms with E-state index in [1.807, 2.05) is 13.8 Å². The zero-order chi connectivity index (χ0) is 12.0. The van der Waals surface area contributed by atoms with Gasteiger partial charge >= 0.3 is 0 Å². The van der Waals surface area contributed by atoms with Crippen LogP contribution in [0.5, 0.6) is 0 Å². The summed E-state index contributed by atoms with van der Waals surface area (Å²) in [5, 5.41) is 10.2. The number of aliphatic hydroxyl groups is 1. The third kappa shape index (κ3) is 2.07. The van der Waals surface area contributed by atoms with Crippen molar-refractivity contribution in [1.29, 1.82) is 0 Å². The van der Waals surface area contributed by atoms with E-state index >= 15 is 0 Å². The smallest absolute Gasteiger partial charge is 0.0620 e. The maximum atomic E-state index is 10.2. The largest absolute Gasteiger partial charge is 0.390 e. The summed E-state index contributed by atoms with van der Waals surface area (Å²) in [6.45, 7) is 8.69. The highest BCUT2D eigenvalue weighted by Gasteiger charge is 2.44. The first kappa shape index (κ1) is 12.2. The summed E-state index contributed by atoms with van der Waals surface area (Å²) < 4.78 is 0. The van der Waals surface area contributed by atoms with Gasteiger partial charge in [-0.05, 0) is 70.1 Å². The van der Waals surface area contributed by atoms with Crippen molar-refractivity contribution >= 4 is 0 Å². The molecule has 0 aromatic carbocycles. The van der Waals surface area contributed by atoms with Crippen LogP contribution in [-0.2, 0) is 0 Å². The van der Waals surface area contributed by atoms with Crippen molar-refractivity contribution in [2.45, 2.75) is 65.4 Å². The van der Waals surface area contributed by atoms with E-state index in [0.717, 1.165) is 0 Å². The fourth-order valence-electron chi connectivity index (χ4n) is 3.81. The lowest BCUT2D eigenvalue weighted by molar-refractivity contribution is -0.0373. The molecule has 1 N–H and O–H groups in total. The molecule has 1 nitrogen and oxygen atoms in total. The van der Waals surface area contributed by atoms with E-state index in [1.165, 1.54) is 32.1 Å². The average Bonchev–Trinajstić information content (AvgIpc) is 2.15. The zero-order valence-corrected chi connectivity index (χ0v) is 11.2. The third-order valence-corrected chi connectivity index (χ3v) is 5.16. The lowest BCUT2D eigenvalue weighted by atomic mass is 9.56. The van der Waals surface area contributed by atoms with E-state index in [9.17, 15) is 5.11 Å². The van der Waals surface area contributed by atoms with E-state index < -0.39 is 5.60 Å². The molecule has 16 heavy (non-hydrogen) atoms. The molecular formula is C15H26O. The van der Waals surface area contributed by atoms with Crippen molar-refractivity contribution in [3.8, 4) is 0 Å². The highest BCUT2D eigenvalue weighted by molar-refractivity contribution is 5.15. The second-order valence-corrected chi connectivity index (χ2v) is 6.82. The number of fused-ring (bicyclic) bond motifs is 1. The fraction of sp³-hybridized carbons (Fsp3) is 0.867. The Morgan fingerprint density at radius 2 is 2.06 bits per heavy atom. The van der Waals surface area contributed by atoms with Crippen LogP contribution >= 0.6 is 0 Å². The molecule has 1 saturated carbocycles. The first-order valence-electron chi connectivity index (χ1n) is 6.72. The Bertz CT molecular complexity index is 297. The summed E-state index contributed by atoms with van der Waals surface area (Å²) in [5.41, 5.74) is 1.59. The number of allylic oxidation sites excluding steroid dienone is 2. The molecule has 0 aromatic heterocycles. The molecule has 92 valence electrons. The number of hydrogen-bond donors (Lipinski definition) is 1. The fourth-order valence-corrected chi connectivity index (χ4v) is 3.81. The van der Waals surface area contributed by atoms with Gasteiger partial charge < -0.3 is 5.11 Å². The van der Waals surface area contributed by atoms with Gasteiger partial charge in [-0.3, -0.25) is 0 Å². The highest BCUT2D eigenvalue weighted by Crippen LogP contribution is 2.53. The van der Waals surface area contributed by atoms with E-state index in [0.29, 0.717) is 17.3 Å². The zero-order valence-electron chi connectivity index (χ0n) is 11.2. The Kier molecular flexibility index (Phi) is 2.94. The SMILES string of the molecule is CC1=CCCC2(C)CC[C@@H](C(C)(C)O)C[C@@H]12. The number of hydrogen-bond acceptors (Lipinski definition) is 1. The topological polar surface area (TPSA) is 20.2 Å². The molecule has 0 saturated heterocycles. The molecule has 2 aliphatic carbocycles.